The highest BCUT2D eigenvalue weighted by atomic mass is 32.2. The van der Waals surface area contributed by atoms with Crippen LogP contribution in [0.25, 0.3) is 94.6 Å². The van der Waals surface area contributed by atoms with Crippen molar-refractivity contribution in [2.75, 3.05) is 0 Å². The first-order chi connectivity index (χ1) is 26.3. The van der Waals surface area contributed by atoms with Crippen LogP contribution in [0.5, 0.6) is 0 Å². The number of fused-ring (bicyclic) bond motifs is 13. The Labute approximate surface area is 310 Å². The van der Waals surface area contributed by atoms with Gasteiger partial charge in [0.2, 0.25) is 0 Å². The van der Waals surface area contributed by atoms with Crippen LogP contribution in [0.1, 0.15) is 0 Å². The molecule has 0 radical (unpaired) electrons. The largest absolute Gasteiger partial charge is 0.456 e. The summed E-state index contributed by atoms with van der Waals surface area (Å²) in [5.41, 5.74) is 15.3. The molecular weight excluding hydrogens is 665 g/mol. The van der Waals surface area contributed by atoms with Crippen LogP contribution in [0.2, 0.25) is 0 Å². The van der Waals surface area contributed by atoms with E-state index in [1.807, 2.05) is 17.8 Å². The van der Waals surface area contributed by atoms with E-state index in [0.29, 0.717) is 0 Å². The molecule has 1 aliphatic rings. The summed E-state index contributed by atoms with van der Waals surface area (Å²) >= 11 is 1.82. The minimum atomic E-state index is 0.873. The maximum atomic E-state index is 6.58. The van der Waals surface area contributed by atoms with Crippen molar-refractivity contribution in [2.24, 2.45) is 0 Å². The van der Waals surface area contributed by atoms with Crippen molar-refractivity contribution < 1.29 is 4.42 Å². The number of imidazole rings is 1. The molecule has 53 heavy (non-hydrogen) atoms. The molecule has 0 aliphatic carbocycles. The normalized spacial score (nSPS) is 12.1. The Hall–Kier alpha value is -6.62. The number of nitrogens with zero attached hydrogens (tertiary/aromatic N) is 2. The Morgan fingerprint density at radius 2 is 1.04 bits per heavy atom. The van der Waals surface area contributed by atoms with Gasteiger partial charge in [-0.1, -0.05) is 139 Å². The lowest BCUT2D eigenvalue weighted by molar-refractivity contribution is 0.669. The van der Waals surface area contributed by atoms with Crippen LogP contribution in [0.15, 0.2) is 196 Å². The Balaban J connectivity index is 1.27. The summed E-state index contributed by atoms with van der Waals surface area (Å²) in [7, 11) is 0. The van der Waals surface area contributed by atoms with Crippen molar-refractivity contribution in [3.05, 3.63) is 182 Å². The highest BCUT2D eigenvalue weighted by Gasteiger charge is 2.24. The van der Waals surface area contributed by atoms with Crippen LogP contribution in [0, 0.1) is 0 Å². The molecule has 248 valence electrons. The zero-order valence-corrected chi connectivity index (χ0v) is 29.3. The Kier molecular flexibility index (Phi) is 6.79. The highest BCUT2D eigenvalue weighted by molar-refractivity contribution is 7.99. The minimum absolute atomic E-state index is 0.873. The van der Waals surface area contributed by atoms with Gasteiger partial charge >= 0.3 is 0 Å². The van der Waals surface area contributed by atoms with Gasteiger partial charge in [-0.2, -0.15) is 0 Å². The van der Waals surface area contributed by atoms with Crippen molar-refractivity contribution in [1.82, 2.24) is 9.55 Å². The van der Waals surface area contributed by atoms with Crippen molar-refractivity contribution in [2.45, 2.75) is 9.79 Å². The first-order valence-electron chi connectivity index (χ1n) is 17.9. The van der Waals surface area contributed by atoms with Gasteiger partial charge in [-0.15, -0.1) is 0 Å². The van der Waals surface area contributed by atoms with Gasteiger partial charge in [0.1, 0.15) is 17.0 Å². The summed E-state index contributed by atoms with van der Waals surface area (Å²) in [5.74, 6) is 0.900. The molecule has 1 aliphatic heterocycles. The summed E-state index contributed by atoms with van der Waals surface area (Å²) in [5, 5.41) is 2.23. The Morgan fingerprint density at radius 1 is 0.415 bits per heavy atom. The van der Waals surface area contributed by atoms with Crippen LogP contribution in [-0.4, -0.2) is 9.55 Å². The zero-order valence-electron chi connectivity index (χ0n) is 28.5. The molecule has 0 unspecified atom stereocenters. The number of para-hydroxylation sites is 4. The van der Waals surface area contributed by atoms with E-state index in [1.165, 1.54) is 37.6 Å². The fraction of sp³-hybridized carbons (Fsp3) is 0. The fourth-order valence-electron chi connectivity index (χ4n) is 8.05. The second kappa shape index (κ2) is 12.0. The first-order valence-corrected chi connectivity index (χ1v) is 18.7. The third kappa shape index (κ3) is 4.80. The van der Waals surface area contributed by atoms with Crippen LogP contribution >= 0.6 is 11.8 Å². The number of hydrogen-bond acceptors (Lipinski definition) is 3. The van der Waals surface area contributed by atoms with Gasteiger partial charge in [-0.25, -0.2) is 4.98 Å². The predicted molar refractivity (Wildman–Crippen MR) is 220 cm³/mol. The monoisotopic (exact) mass is 694 g/mol. The van der Waals surface area contributed by atoms with E-state index in [0.717, 1.165) is 66.7 Å². The number of rotatable bonds is 2. The van der Waals surface area contributed by atoms with Gasteiger partial charge in [-0.3, -0.25) is 4.57 Å². The predicted octanol–water partition coefficient (Wildman–Crippen LogP) is 13.7. The average Bonchev–Trinajstić information content (AvgIpc) is 3.79. The molecule has 0 amide bonds. The van der Waals surface area contributed by atoms with E-state index in [-0.39, 0.29) is 0 Å². The molecular formula is C49H30N2OS. The highest BCUT2D eigenvalue weighted by Crippen LogP contribution is 2.50. The minimum Gasteiger partial charge on any atom is -0.456 e. The topological polar surface area (TPSA) is 31.0 Å². The van der Waals surface area contributed by atoms with E-state index in [1.54, 1.807) is 0 Å². The van der Waals surface area contributed by atoms with Gasteiger partial charge in [0, 0.05) is 31.8 Å². The molecule has 0 saturated heterocycles. The van der Waals surface area contributed by atoms with Gasteiger partial charge in [0.25, 0.3) is 0 Å². The lowest BCUT2D eigenvalue weighted by Crippen LogP contribution is -1.98. The lowest BCUT2D eigenvalue weighted by atomic mass is 9.86. The number of furan rings is 1. The molecule has 10 aromatic rings. The third-order valence-corrected chi connectivity index (χ3v) is 11.6. The molecule has 0 bridgehead atoms. The van der Waals surface area contributed by atoms with Crippen LogP contribution in [0.4, 0.5) is 0 Å². The van der Waals surface area contributed by atoms with Crippen molar-refractivity contribution in [3.63, 3.8) is 0 Å². The molecule has 11 rings (SSSR count). The molecule has 0 N–H and O–H groups in total. The van der Waals surface area contributed by atoms with E-state index < -0.39 is 0 Å². The van der Waals surface area contributed by atoms with E-state index in [4.69, 9.17) is 9.40 Å². The molecule has 0 fully saturated rings. The quantitative estimate of drug-likeness (QED) is 0.180. The molecule has 8 aromatic carbocycles. The van der Waals surface area contributed by atoms with E-state index in [9.17, 15) is 0 Å². The zero-order chi connectivity index (χ0) is 34.9. The molecule has 4 heteroatoms. The first kappa shape index (κ1) is 30.0. The summed E-state index contributed by atoms with van der Waals surface area (Å²) in [6.07, 6.45) is 0. The van der Waals surface area contributed by atoms with Crippen LogP contribution in [0.3, 0.4) is 0 Å². The van der Waals surface area contributed by atoms with Crippen LogP contribution in [-0.2, 0) is 0 Å². The SMILES string of the molecule is c1ccc(-n2c(-c3ccc4c(c3)-c3cc5oc6ccccc6c5cc3Sc3ccccc3-c3ccccc3-c3ccccc3-4)nc3ccccc32)cc1. The number of benzene rings is 8. The van der Waals surface area contributed by atoms with Crippen molar-refractivity contribution >= 4 is 44.7 Å². The lowest BCUT2D eigenvalue weighted by Gasteiger charge is -2.18. The van der Waals surface area contributed by atoms with Gasteiger partial charge in [0.05, 0.1) is 11.0 Å². The summed E-state index contributed by atoms with van der Waals surface area (Å²) in [4.78, 5) is 7.65. The number of aromatic nitrogens is 2. The summed E-state index contributed by atoms with van der Waals surface area (Å²) < 4.78 is 8.86. The second-order valence-corrected chi connectivity index (χ2v) is 14.6. The third-order valence-electron chi connectivity index (χ3n) is 10.5. The molecule has 0 atom stereocenters. The molecule has 2 aromatic heterocycles. The van der Waals surface area contributed by atoms with E-state index >= 15 is 0 Å². The van der Waals surface area contributed by atoms with Gasteiger partial charge in [-0.05, 0) is 99.1 Å². The van der Waals surface area contributed by atoms with Crippen molar-refractivity contribution in [3.8, 4) is 61.6 Å². The summed E-state index contributed by atoms with van der Waals surface area (Å²) in [6, 6.07) is 65.2. The molecule has 3 nitrogen and oxygen atoms in total. The second-order valence-electron chi connectivity index (χ2n) is 13.5. The molecule has 0 saturated carbocycles. The molecule has 3 heterocycles. The fourth-order valence-corrected chi connectivity index (χ4v) is 9.17. The van der Waals surface area contributed by atoms with E-state index in [2.05, 4.69) is 180 Å². The van der Waals surface area contributed by atoms with Crippen LogP contribution < -0.4 is 0 Å². The summed E-state index contributed by atoms with van der Waals surface area (Å²) in [6.45, 7) is 0. The average molecular weight is 695 g/mol. The number of hydrogen-bond donors (Lipinski definition) is 0. The van der Waals surface area contributed by atoms with Crippen molar-refractivity contribution in [1.29, 1.82) is 0 Å². The smallest absolute Gasteiger partial charge is 0.145 e. The Bertz CT molecular complexity index is 3040. The molecule has 0 spiro atoms. The maximum Gasteiger partial charge on any atom is 0.145 e. The van der Waals surface area contributed by atoms with Gasteiger partial charge in [0.15, 0.2) is 0 Å². The van der Waals surface area contributed by atoms with Gasteiger partial charge < -0.3 is 4.42 Å². The maximum absolute atomic E-state index is 6.58. The Morgan fingerprint density at radius 3 is 1.83 bits per heavy atom. The standard InChI is InChI=1S/C49H30N2OS/c1-2-14-32(15-3-1)51-44-23-11-10-22-43(44)50-49(51)31-26-27-37-35-18-5-4-16-33(35)34-17-6-7-19-36(34)39-21-9-13-25-47(39)53-48-30-41-38-20-8-12-24-45(38)52-46(41)29-42(48)40(37)28-31/h1-30H.